The smallest absolute Gasteiger partial charge is 0.338 e. The van der Waals surface area contributed by atoms with E-state index in [9.17, 15) is 9.59 Å². The van der Waals surface area contributed by atoms with Crippen molar-refractivity contribution in [2.75, 3.05) is 34.5 Å². The summed E-state index contributed by atoms with van der Waals surface area (Å²) >= 11 is 1.25. The molecule has 1 atom stereocenters. The van der Waals surface area contributed by atoms with E-state index < -0.39 is 12.0 Å². The first-order valence-corrected chi connectivity index (χ1v) is 12.9. The van der Waals surface area contributed by atoms with Crippen molar-refractivity contribution < 1.29 is 28.5 Å². The van der Waals surface area contributed by atoms with E-state index >= 15 is 0 Å². The lowest BCUT2D eigenvalue weighted by Gasteiger charge is -2.25. The van der Waals surface area contributed by atoms with Crippen molar-refractivity contribution in [1.29, 1.82) is 0 Å². The van der Waals surface area contributed by atoms with Crippen LogP contribution in [0.15, 0.2) is 57.5 Å². The summed E-state index contributed by atoms with van der Waals surface area (Å²) in [6.45, 7) is 5.98. The third-order valence-electron chi connectivity index (χ3n) is 6.03. The van der Waals surface area contributed by atoms with E-state index in [-0.39, 0.29) is 12.2 Å². The summed E-state index contributed by atoms with van der Waals surface area (Å²) in [6, 6.07) is 10.0. The number of methoxy groups -OCH3 is 3. The van der Waals surface area contributed by atoms with Crippen molar-refractivity contribution in [2.45, 2.75) is 26.8 Å². The van der Waals surface area contributed by atoms with Crippen LogP contribution in [-0.2, 0) is 9.53 Å². The van der Waals surface area contributed by atoms with Gasteiger partial charge in [-0.1, -0.05) is 23.5 Å². The number of hydrogen-bond acceptors (Lipinski definition) is 9. The number of carbonyl (C=O) groups is 1. The van der Waals surface area contributed by atoms with Crippen LogP contribution in [0.5, 0.6) is 23.0 Å². The van der Waals surface area contributed by atoms with Gasteiger partial charge in [0.05, 0.1) is 56.4 Å². The molecule has 1 aliphatic heterocycles. The van der Waals surface area contributed by atoms with E-state index in [1.165, 1.54) is 15.9 Å². The molecule has 0 bridgehead atoms. The van der Waals surface area contributed by atoms with E-state index in [1.54, 1.807) is 65.5 Å². The molecule has 0 saturated carbocycles. The minimum atomic E-state index is -0.761. The molecule has 0 N–H and O–H groups in total. The van der Waals surface area contributed by atoms with Gasteiger partial charge >= 0.3 is 5.97 Å². The highest BCUT2D eigenvalue weighted by Gasteiger charge is 2.34. The van der Waals surface area contributed by atoms with Gasteiger partial charge in [-0.05, 0) is 62.2 Å². The van der Waals surface area contributed by atoms with Gasteiger partial charge < -0.3 is 23.7 Å². The van der Waals surface area contributed by atoms with E-state index in [0.29, 0.717) is 55.8 Å². The number of esters is 1. The monoisotopic (exact) mass is 538 g/mol. The van der Waals surface area contributed by atoms with Gasteiger partial charge in [-0.2, -0.15) is 0 Å². The molecule has 2 heterocycles. The molecule has 10 heteroatoms. The van der Waals surface area contributed by atoms with Crippen LogP contribution in [0.1, 0.15) is 37.9 Å². The standard InChI is InChI=1S/C28H30N2O7S/c1-7-36-22-15-18(10-12-20(22)34-5)25-24(27(32)37-8-2)16(3)29-28-30(25)26(31)23(38-28)14-17-9-11-19(33-4)21(13-17)35-6/h9-15,25H,7-8H2,1-6H3. The predicted molar refractivity (Wildman–Crippen MR) is 144 cm³/mol. The summed E-state index contributed by atoms with van der Waals surface area (Å²) in [4.78, 5) is 32.1. The predicted octanol–water partition coefficient (Wildman–Crippen LogP) is 3.22. The topological polar surface area (TPSA) is 97.6 Å². The van der Waals surface area contributed by atoms with Gasteiger partial charge in [0.25, 0.3) is 5.56 Å². The van der Waals surface area contributed by atoms with Crippen molar-refractivity contribution in [2.24, 2.45) is 4.99 Å². The average Bonchev–Trinajstić information content (AvgIpc) is 3.21. The maximum atomic E-state index is 13.8. The molecule has 0 radical (unpaired) electrons. The van der Waals surface area contributed by atoms with Crippen LogP contribution in [0.4, 0.5) is 0 Å². The summed E-state index contributed by atoms with van der Waals surface area (Å²) < 4.78 is 29.3. The average molecular weight is 539 g/mol. The summed E-state index contributed by atoms with van der Waals surface area (Å²) in [6.07, 6.45) is 1.77. The van der Waals surface area contributed by atoms with Crippen molar-refractivity contribution in [3.63, 3.8) is 0 Å². The Labute approximate surface area is 224 Å². The molecular weight excluding hydrogens is 508 g/mol. The van der Waals surface area contributed by atoms with E-state index in [0.717, 1.165) is 5.56 Å². The number of benzene rings is 2. The van der Waals surface area contributed by atoms with E-state index in [1.807, 2.05) is 19.1 Å². The van der Waals surface area contributed by atoms with Crippen LogP contribution < -0.4 is 33.8 Å². The molecule has 200 valence electrons. The van der Waals surface area contributed by atoms with Gasteiger partial charge in [0.1, 0.15) is 0 Å². The Morgan fingerprint density at radius 3 is 2.32 bits per heavy atom. The number of carbonyl (C=O) groups excluding carboxylic acids is 1. The SMILES string of the molecule is CCOC(=O)C1=C(C)N=c2sc(=Cc3ccc(OC)c(OC)c3)c(=O)n2C1c1ccc(OC)c(OCC)c1. The first kappa shape index (κ1) is 27.0. The second-order valence-corrected chi connectivity index (χ2v) is 9.27. The minimum absolute atomic E-state index is 0.193. The lowest BCUT2D eigenvalue weighted by Crippen LogP contribution is -2.40. The lowest BCUT2D eigenvalue weighted by molar-refractivity contribution is -0.139. The molecule has 0 fully saturated rings. The first-order chi connectivity index (χ1) is 18.4. The molecule has 1 aliphatic rings. The molecule has 0 aliphatic carbocycles. The maximum Gasteiger partial charge on any atom is 0.338 e. The second-order valence-electron chi connectivity index (χ2n) is 8.26. The molecule has 9 nitrogen and oxygen atoms in total. The molecule has 3 aromatic rings. The van der Waals surface area contributed by atoms with Gasteiger partial charge in [-0.25, -0.2) is 9.79 Å². The summed E-state index contributed by atoms with van der Waals surface area (Å²) in [5.74, 6) is 1.67. The van der Waals surface area contributed by atoms with Crippen LogP contribution >= 0.6 is 11.3 Å². The summed E-state index contributed by atoms with van der Waals surface area (Å²) in [5, 5.41) is 0. The Morgan fingerprint density at radius 2 is 1.66 bits per heavy atom. The number of allylic oxidation sites excluding steroid dienone is 1. The van der Waals surface area contributed by atoms with Crippen LogP contribution in [0.25, 0.3) is 6.08 Å². The zero-order valence-corrected chi connectivity index (χ0v) is 23.0. The molecule has 2 aromatic carbocycles. The zero-order valence-electron chi connectivity index (χ0n) is 22.2. The molecule has 0 saturated heterocycles. The van der Waals surface area contributed by atoms with Crippen molar-refractivity contribution in [1.82, 2.24) is 4.57 Å². The quantitative estimate of drug-likeness (QED) is 0.386. The maximum absolute atomic E-state index is 13.8. The number of fused-ring (bicyclic) bond motifs is 1. The molecule has 4 rings (SSSR count). The van der Waals surface area contributed by atoms with Gasteiger partial charge in [-0.3, -0.25) is 9.36 Å². The normalized spacial score (nSPS) is 15.0. The van der Waals surface area contributed by atoms with Crippen LogP contribution in [0.3, 0.4) is 0 Å². The molecular formula is C28H30N2O7S. The molecule has 1 aromatic heterocycles. The van der Waals surface area contributed by atoms with Crippen LogP contribution in [0.2, 0.25) is 0 Å². The Morgan fingerprint density at radius 1 is 0.974 bits per heavy atom. The third-order valence-corrected chi connectivity index (χ3v) is 7.01. The molecule has 38 heavy (non-hydrogen) atoms. The number of aromatic nitrogens is 1. The van der Waals surface area contributed by atoms with Gasteiger partial charge in [0.15, 0.2) is 27.8 Å². The zero-order chi connectivity index (χ0) is 27.4. The fraction of sp³-hybridized carbons (Fsp3) is 0.321. The lowest BCUT2D eigenvalue weighted by atomic mass is 9.95. The van der Waals surface area contributed by atoms with Crippen molar-refractivity contribution >= 4 is 23.4 Å². The summed E-state index contributed by atoms with van der Waals surface area (Å²) in [7, 11) is 4.68. The molecule has 1 unspecified atom stereocenters. The fourth-order valence-electron chi connectivity index (χ4n) is 4.33. The Hall–Kier alpha value is -4.05. The summed E-state index contributed by atoms with van der Waals surface area (Å²) in [5.41, 5.74) is 1.93. The number of hydrogen-bond donors (Lipinski definition) is 0. The van der Waals surface area contributed by atoms with Crippen molar-refractivity contribution in [3.8, 4) is 23.0 Å². The highest BCUT2D eigenvalue weighted by Crippen LogP contribution is 2.36. The van der Waals surface area contributed by atoms with Crippen LogP contribution in [-0.4, -0.2) is 45.1 Å². The Bertz CT molecular complexity index is 1570. The van der Waals surface area contributed by atoms with Gasteiger partial charge in [-0.15, -0.1) is 0 Å². The number of ether oxygens (including phenoxy) is 5. The third kappa shape index (κ3) is 5.04. The van der Waals surface area contributed by atoms with Gasteiger partial charge in [0.2, 0.25) is 0 Å². The highest BCUT2D eigenvalue weighted by molar-refractivity contribution is 7.07. The van der Waals surface area contributed by atoms with E-state index in [2.05, 4.69) is 4.99 Å². The minimum Gasteiger partial charge on any atom is -0.493 e. The molecule has 0 amide bonds. The van der Waals surface area contributed by atoms with Crippen molar-refractivity contribution in [3.05, 3.63) is 78.5 Å². The van der Waals surface area contributed by atoms with E-state index in [4.69, 9.17) is 23.7 Å². The number of nitrogens with zero attached hydrogens (tertiary/aromatic N) is 2. The Kier molecular flexibility index (Phi) is 8.21. The van der Waals surface area contributed by atoms with Crippen LogP contribution in [0, 0.1) is 0 Å². The number of rotatable bonds is 9. The fourth-order valence-corrected chi connectivity index (χ4v) is 5.38. The second kappa shape index (κ2) is 11.6. The highest BCUT2D eigenvalue weighted by atomic mass is 32.1. The Balaban J connectivity index is 1.94. The largest absolute Gasteiger partial charge is 0.493 e. The van der Waals surface area contributed by atoms with Gasteiger partial charge in [0, 0.05) is 0 Å². The first-order valence-electron chi connectivity index (χ1n) is 12.1. The molecule has 0 spiro atoms. The number of thiazole rings is 1.